The van der Waals surface area contributed by atoms with Crippen LogP contribution in [0.5, 0.6) is 5.75 Å². The molecule has 1 N–H and O–H groups in total. The summed E-state index contributed by atoms with van der Waals surface area (Å²) in [6, 6.07) is 5.05. The van der Waals surface area contributed by atoms with E-state index in [1.165, 1.54) is 6.07 Å². The van der Waals surface area contributed by atoms with E-state index in [2.05, 4.69) is 12.2 Å². The predicted octanol–water partition coefficient (Wildman–Crippen LogP) is 3.59. The maximum Gasteiger partial charge on any atom is 0.125 e. The Hall–Kier alpha value is -1.13. The van der Waals surface area contributed by atoms with E-state index < -0.39 is 0 Å². The third-order valence-electron chi connectivity index (χ3n) is 4.51. The predicted molar refractivity (Wildman–Crippen MR) is 80.1 cm³/mol. The molecule has 1 aromatic rings. The first-order valence-corrected chi connectivity index (χ1v) is 8.02. The fourth-order valence-corrected chi connectivity index (χ4v) is 3.43. The molecule has 0 saturated carbocycles. The number of rotatable bonds is 3. The minimum Gasteiger partial charge on any atom is -0.487 e. The Balaban J connectivity index is 1.89. The van der Waals surface area contributed by atoms with E-state index in [-0.39, 0.29) is 17.5 Å². The summed E-state index contributed by atoms with van der Waals surface area (Å²) in [7, 11) is 0. The fraction of sp³-hybridized carbons (Fsp3) is 0.647. The maximum absolute atomic E-state index is 13.6. The second-order valence-electron chi connectivity index (χ2n) is 6.14. The topological polar surface area (TPSA) is 30.5 Å². The van der Waals surface area contributed by atoms with E-state index in [4.69, 9.17) is 9.47 Å². The quantitative estimate of drug-likeness (QED) is 0.924. The first-order chi connectivity index (χ1) is 10.2. The third-order valence-corrected chi connectivity index (χ3v) is 4.51. The first kappa shape index (κ1) is 14.8. The van der Waals surface area contributed by atoms with Gasteiger partial charge in [0, 0.05) is 31.1 Å². The van der Waals surface area contributed by atoms with Gasteiger partial charge in [0.2, 0.25) is 0 Å². The molecule has 0 aliphatic carbocycles. The Morgan fingerprint density at radius 3 is 3.10 bits per heavy atom. The molecular formula is C17H24FNO2. The zero-order valence-electron chi connectivity index (χ0n) is 12.7. The molecule has 1 saturated heterocycles. The third kappa shape index (κ3) is 3.22. The van der Waals surface area contributed by atoms with Crippen LogP contribution < -0.4 is 10.1 Å². The van der Waals surface area contributed by atoms with Crippen molar-refractivity contribution in [3.05, 3.63) is 29.6 Å². The largest absolute Gasteiger partial charge is 0.487 e. The number of ether oxygens (including phenoxy) is 2. The lowest BCUT2D eigenvalue weighted by atomic mass is 9.82. The van der Waals surface area contributed by atoms with Crippen molar-refractivity contribution in [1.29, 1.82) is 0 Å². The van der Waals surface area contributed by atoms with E-state index in [1.807, 2.05) is 0 Å². The fourth-order valence-electron chi connectivity index (χ4n) is 3.43. The van der Waals surface area contributed by atoms with Crippen LogP contribution >= 0.6 is 0 Å². The van der Waals surface area contributed by atoms with Crippen LogP contribution in [0.4, 0.5) is 4.39 Å². The van der Waals surface area contributed by atoms with Crippen LogP contribution in [0.1, 0.15) is 50.6 Å². The van der Waals surface area contributed by atoms with Crippen molar-refractivity contribution in [3.8, 4) is 5.75 Å². The molecule has 0 amide bonds. The Morgan fingerprint density at radius 1 is 1.33 bits per heavy atom. The van der Waals surface area contributed by atoms with E-state index in [0.717, 1.165) is 63.2 Å². The summed E-state index contributed by atoms with van der Waals surface area (Å²) in [5.41, 5.74) is 0.798. The number of nitrogens with one attached hydrogen (secondary N) is 1. The SMILES string of the molecule is CCCNC1CC2(CCCOCC2)Oc2ccc(F)cc21. The van der Waals surface area contributed by atoms with Crippen molar-refractivity contribution >= 4 is 0 Å². The minimum atomic E-state index is -0.194. The number of halogens is 1. The highest BCUT2D eigenvalue weighted by atomic mass is 19.1. The summed E-state index contributed by atoms with van der Waals surface area (Å²) < 4.78 is 25.5. The molecule has 4 heteroatoms. The molecule has 2 atom stereocenters. The Kier molecular flexibility index (Phi) is 4.45. The van der Waals surface area contributed by atoms with Gasteiger partial charge >= 0.3 is 0 Å². The molecule has 0 radical (unpaired) electrons. The summed E-state index contributed by atoms with van der Waals surface area (Å²) in [6.07, 6.45) is 4.91. The highest BCUT2D eigenvalue weighted by molar-refractivity contribution is 5.39. The molecule has 1 fully saturated rings. The summed E-state index contributed by atoms with van der Waals surface area (Å²) in [5.74, 6) is 0.638. The number of hydrogen-bond acceptors (Lipinski definition) is 3. The highest BCUT2D eigenvalue weighted by Gasteiger charge is 2.41. The summed E-state index contributed by atoms with van der Waals surface area (Å²) >= 11 is 0. The van der Waals surface area contributed by atoms with Crippen molar-refractivity contribution in [2.45, 2.75) is 50.7 Å². The van der Waals surface area contributed by atoms with Crippen LogP contribution in [0.15, 0.2) is 18.2 Å². The molecule has 1 spiro atoms. The van der Waals surface area contributed by atoms with Crippen molar-refractivity contribution in [2.24, 2.45) is 0 Å². The van der Waals surface area contributed by atoms with E-state index in [9.17, 15) is 4.39 Å². The minimum absolute atomic E-state index is 0.160. The summed E-state index contributed by atoms with van der Waals surface area (Å²) in [5, 5.41) is 3.56. The van der Waals surface area contributed by atoms with Gasteiger partial charge < -0.3 is 14.8 Å². The van der Waals surface area contributed by atoms with Crippen molar-refractivity contribution in [3.63, 3.8) is 0 Å². The van der Waals surface area contributed by atoms with E-state index >= 15 is 0 Å². The second kappa shape index (κ2) is 6.32. The highest BCUT2D eigenvalue weighted by Crippen LogP contribution is 2.44. The molecule has 2 aliphatic heterocycles. The van der Waals surface area contributed by atoms with Crippen LogP contribution in [0.3, 0.4) is 0 Å². The van der Waals surface area contributed by atoms with Gasteiger partial charge in [-0.25, -0.2) is 4.39 Å². The number of fused-ring (bicyclic) bond motifs is 1. The number of hydrogen-bond donors (Lipinski definition) is 1. The van der Waals surface area contributed by atoms with Gasteiger partial charge in [0.25, 0.3) is 0 Å². The van der Waals surface area contributed by atoms with Gasteiger partial charge in [0.15, 0.2) is 0 Å². The lowest BCUT2D eigenvalue weighted by Gasteiger charge is -2.42. The average molecular weight is 293 g/mol. The van der Waals surface area contributed by atoms with Gasteiger partial charge in [0.1, 0.15) is 17.2 Å². The van der Waals surface area contributed by atoms with E-state index in [0.29, 0.717) is 0 Å². The summed E-state index contributed by atoms with van der Waals surface area (Å²) in [4.78, 5) is 0. The summed E-state index contributed by atoms with van der Waals surface area (Å²) in [6.45, 7) is 4.65. The lowest BCUT2D eigenvalue weighted by Crippen LogP contribution is -2.44. The second-order valence-corrected chi connectivity index (χ2v) is 6.14. The normalized spacial score (nSPS) is 28.8. The average Bonchev–Trinajstić information content (AvgIpc) is 2.71. The van der Waals surface area contributed by atoms with Gasteiger partial charge in [0.05, 0.1) is 6.61 Å². The molecule has 3 nitrogen and oxygen atoms in total. The zero-order chi connectivity index (χ0) is 14.7. The molecule has 21 heavy (non-hydrogen) atoms. The standard InChI is InChI=1S/C17H24FNO2/c1-2-8-19-15-12-17(6-3-9-20-10-7-17)21-16-5-4-13(18)11-14(15)16/h4-5,11,15,19H,2-3,6-10,12H2,1H3. The van der Waals surface area contributed by atoms with Crippen molar-refractivity contribution < 1.29 is 13.9 Å². The molecule has 3 rings (SSSR count). The monoisotopic (exact) mass is 293 g/mol. The molecule has 1 aromatic carbocycles. The Morgan fingerprint density at radius 2 is 2.24 bits per heavy atom. The van der Waals surface area contributed by atoms with Crippen molar-refractivity contribution in [1.82, 2.24) is 5.32 Å². The first-order valence-electron chi connectivity index (χ1n) is 8.02. The molecular weight excluding hydrogens is 269 g/mol. The van der Waals surface area contributed by atoms with Crippen LogP contribution in [0.2, 0.25) is 0 Å². The smallest absolute Gasteiger partial charge is 0.125 e. The zero-order valence-corrected chi connectivity index (χ0v) is 12.7. The van der Waals surface area contributed by atoms with Crippen LogP contribution in [0.25, 0.3) is 0 Å². The lowest BCUT2D eigenvalue weighted by molar-refractivity contribution is 0.0106. The van der Waals surface area contributed by atoms with E-state index in [1.54, 1.807) is 12.1 Å². The Bertz CT molecular complexity index is 484. The van der Waals surface area contributed by atoms with Gasteiger partial charge in [-0.3, -0.25) is 0 Å². The van der Waals surface area contributed by atoms with Gasteiger partial charge in [-0.05, 0) is 44.0 Å². The molecule has 2 aliphatic rings. The maximum atomic E-state index is 13.6. The molecule has 116 valence electrons. The van der Waals surface area contributed by atoms with Crippen LogP contribution in [-0.4, -0.2) is 25.4 Å². The van der Waals surface area contributed by atoms with Crippen LogP contribution in [0, 0.1) is 5.82 Å². The van der Waals surface area contributed by atoms with Crippen LogP contribution in [-0.2, 0) is 4.74 Å². The van der Waals surface area contributed by atoms with Gasteiger partial charge in [-0.15, -0.1) is 0 Å². The Labute approximate surface area is 125 Å². The molecule has 0 bridgehead atoms. The number of benzene rings is 1. The van der Waals surface area contributed by atoms with Gasteiger partial charge in [-0.2, -0.15) is 0 Å². The molecule has 2 unspecified atom stereocenters. The van der Waals surface area contributed by atoms with Crippen molar-refractivity contribution in [2.75, 3.05) is 19.8 Å². The van der Waals surface area contributed by atoms with Gasteiger partial charge in [-0.1, -0.05) is 6.92 Å². The molecule has 2 heterocycles. The molecule has 0 aromatic heterocycles.